The third-order valence-electron chi connectivity index (χ3n) is 2.48. The van der Waals surface area contributed by atoms with Crippen LogP contribution in [-0.2, 0) is 9.53 Å². The van der Waals surface area contributed by atoms with Gasteiger partial charge in [0.2, 0.25) is 11.8 Å². The smallest absolute Gasteiger partial charge is 0.326 e. The van der Waals surface area contributed by atoms with E-state index in [1.54, 1.807) is 13.0 Å². The number of methoxy groups -OCH3 is 2. The number of aromatic nitrogens is 2. The van der Waals surface area contributed by atoms with Crippen molar-refractivity contribution in [1.82, 2.24) is 15.3 Å². The average molecular weight is 298 g/mol. The number of carbonyl (C=O) groups is 2. The van der Waals surface area contributed by atoms with Crippen LogP contribution >= 0.6 is 0 Å². The van der Waals surface area contributed by atoms with E-state index in [-0.39, 0.29) is 19.0 Å². The minimum absolute atomic E-state index is 0.0280. The Kier molecular flexibility index (Phi) is 6.34. The van der Waals surface area contributed by atoms with E-state index in [4.69, 9.17) is 14.6 Å². The second-order valence-corrected chi connectivity index (χ2v) is 4.15. The fourth-order valence-corrected chi connectivity index (χ4v) is 1.49. The highest BCUT2D eigenvalue weighted by Gasteiger charge is 2.20. The Bertz CT molecular complexity index is 508. The first kappa shape index (κ1) is 16.6. The molecule has 1 atom stereocenters. The molecule has 1 aromatic rings. The summed E-state index contributed by atoms with van der Waals surface area (Å²) in [5.74, 6) is -0.822. The van der Waals surface area contributed by atoms with Gasteiger partial charge in [-0.3, -0.25) is 5.32 Å². The van der Waals surface area contributed by atoms with Gasteiger partial charge in [0.1, 0.15) is 6.04 Å². The highest BCUT2D eigenvalue weighted by Crippen LogP contribution is 2.11. The van der Waals surface area contributed by atoms with Crippen molar-refractivity contribution in [2.24, 2.45) is 0 Å². The molecule has 0 saturated heterocycles. The zero-order valence-electron chi connectivity index (χ0n) is 12.0. The zero-order valence-corrected chi connectivity index (χ0v) is 12.0. The van der Waals surface area contributed by atoms with E-state index in [1.807, 2.05) is 0 Å². The standard InChI is InChI=1S/C12H18N4O5/c1-7-6-9(21-3)15-11(13-7)16-12(19)14-8(10(17)18)4-5-20-2/h6,8H,4-5H2,1-3H3,(H,17,18)(H2,13,14,15,16,19). The molecule has 1 unspecified atom stereocenters. The van der Waals surface area contributed by atoms with E-state index in [0.29, 0.717) is 11.6 Å². The third kappa shape index (κ3) is 5.61. The van der Waals surface area contributed by atoms with E-state index in [2.05, 4.69) is 20.6 Å². The first-order chi connectivity index (χ1) is 9.96. The maximum atomic E-state index is 11.8. The molecule has 116 valence electrons. The maximum Gasteiger partial charge on any atom is 0.326 e. The van der Waals surface area contributed by atoms with Gasteiger partial charge in [-0.1, -0.05) is 0 Å². The normalized spacial score (nSPS) is 11.6. The van der Waals surface area contributed by atoms with Crippen LogP contribution in [0.5, 0.6) is 5.88 Å². The molecule has 9 nitrogen and oxygen atoms in total. The number of rotatable bonds is 7. The largest absolute Gasteiger partial charge is 0.481 e. The van der Waals surface area contributed by atoms with Crippen LogP contribution in [0.15, 0.2) is 6.07 Å². The highest BCUT2D eigenvalue weighted by molar-refractivity contribution is 5.90. The van der Waals surface area contributed by atoms with Crippen LogP contribution in [0.4, 0.5) is 10.7 Å². The Balaban J connectivity index is 2.67. The summed E-state index contributed by atoms with van der Waals surface area (Å²) in [5.41, 5.74) is 0.603. The summed E-state index contributed by atoms with van der Waals surface area (Å²) in [5, 5.41) is 13.7. The molecule has 1 rings (SSSR count). The summed E-state index contributed by atoms with van der Waals surface area (Å²) in [7, 11) is 2.89. The Morgan fingerprint density at radius 3 is 2.67 bits per heavy atom. The van der Waals surface area contributed by atoms with Gasteiger partial charge in [-0.15, -0.1) is 0 Å². The molecule has 0 aliphatic carbocycles. The number of ether oxygens (including phenoxy) is 2. The van der Waals surface area contributed by atoms with Crippen molar-refractivity contribution in [3.8, 4) is 5.88 Å². The van der Waals surface area contributed by atoms with Crippen LogP contribution in [-0.4, -0.2) is 53.9 Å². The number of carboxylic acids is 1. The number of nitrogens with zero attached hydrogens (tertiary/aromatic N) is 2. The molecule has 1 heterocycles. The van der Waals surface area contributed by atoms with Gasteiger partial charge in [-0.05, 0) is 6.92 Å². The van der Waals surface area contributed by atoms with Gasteiger partial charge in [0, 0.05) is 31.9 Å². The first-order valence-electron chi connectivity index (χ1n) is 6.15. The minimum atomic E-state index is -1.15. The number of carbonyl (C=O) groups excluding carboxylic acids is 1. The van der Waals surface area contributed by atoms with Crippen molar-refractivity contribution in [1.29, 1.82) is 0 Å². The second kappa shape index (κ2) is 8.00. The van der Waals surface area contributed by atoms with Crippen molar-refractivity contribution in [2.45, 2.75) is 19.4 Å². The highest BCUT2D eigenvalue weighted by atomic mass is 16.5. The number of aliphatic carboxylic acids is 1. The fourth-order valence-electron chi connectivity index (χ4n) is 1.49. The second-order valence-electron chi connectivity index (χ2n) is 4.15. The molecule has 0 fully saturated rings. The first-order valence-corrected chi connectivity index (χ1v) is 6.15. The van der Waals surface area contributed by atoms with Crippen molar-refractivity contribution < 1.29 is 24.2 Å². The van der Waals surface area contributed by atoms with Crippen LogP contribution in [0.25, 0.3) is 0 Å². The van der Waals surface area contributed by atoms with Crippen LogP contribution in [0.3, 0.4) is 0 Å². The van der Waals surface area contributed by atoms with E-state index in [0.717, 1.165) is 0 Å². The van der Waals surface area contributed by atoms with Gasteiger partial charge in [0.25, 0.3) is 0 Å². The molecule has 0 aliphatic heterocycles. The molecular formula is C12H18N4O5. The van der Waals surface area contributed by atoms with Gasteiger partial charge in [-0.2, -0.15) is 4.98 Å². The summed E-state index contributed by atoms with van der Waals surface area (Å²) in [4.78, 5) is 30.7. The lowest BCUT2D eigenvalue weighted by molar-refractivity contribution is -0.139. The monoisotopic (exact) mass is 298 g/mol. The number of hydrogen-bond acceptors (Lipinski definition) is 6. The Hall–Kier alpha value is -2.42. The summed E-state index contributed by atoms with van der Waals surface area (Å²) < 4.78 is 9.75. The van der Waals surface area contributed by atoms with Crippen molar-refractivity contribution in [2.75, 3.05) is 26.1 Å². The van der Waals surface area contributed by atoms with Gasteiger partial charge < -0.3 is 19.9 Å². The molecule has 21 heavy (non-hydrogen) atoms. The number of hydrogen-bond donors (Lipinski definition) is 3. The van der Waals surface area contributed by atoms with Crippen LogP contribution < -0.4 is 15.4 Å². The van der Waals surface area contributed by atoms with Gasteiger partial charge >= 0.3 is 12.0 Å². The van der Waals surface area contributed by atoms with Gasteiger partial charge in [-0.25, -0.2) is 14.6 Å². The van der Waals surface area contributed by atoms with E-state index in [9.17, 15) is 9.59 Å². The zero-order chi connectivity index (χ0) is 15.8. The Morgan fingerprint density at radius 1 is 1.38 bits per heavy atom. The Labute approximate surface area is 121 Å². The molecule has 0 aliphatic rings. The summed E-state index contributed by atoms with van der Waals surface area (Å²) in [6, 6.07) is -0.176. The number of amides is 2. The molecule has 0 bridgehead atoms. The van der Waals surface area contributed by atoms with Crippen molar-refractivity contribution in [3.63, 3.8) is 0 Å². The van der Waals surface area contributed by atoms with Gasteiger partial charge in [0.15, 0.2) is 0 Å². The third-order valence-corrected chi connectivity index (χ3v) is 2.48. The molecule has 0 aromatic carbocycles. The molecule has 2 amide bonds. The number of aryl methyl sites for hydroxylation is 1. The number of carboxylic acid groups (broad SMARTS) is 1. The molecule has 3 N–H and O–H groups in total. The summed E-state index contributed by atoms with van der Waals surface area (Å²) in [6.45, 7) is 1.93. The molecule has 0 radical (unpaired) electrons. The quantitative estimate of drug-likeness (QED) is 0.666. The van der Waals surface area contributed by atoms with E-state index >= 15 is 0 Å². The van der Waals surface area contributed by atoms with E-state index < -0.39 is 18.0 Å². The topological polar surface area (TPSA) is 123 Å². The molecular weight excluding hydrogens is 280 g/mol. The Morgan fingerprint density at radius 2 is 2.10 bits per heavy atom. The summed E-state index contributed by atoms with van der Waals surface area (Å²) in [6.07, 6.45) is 0.150. The van der Waals surface area contributed by atoms with Crippen LogP contribution in [0.1, 0.15) is 12.1 Å². The van der Waals surface area contributed by atoms with Crippen LogP contribution in [0, 0.1) is 6.92 Å². The number of anilines is 1. The number of nitrogens with one attached hydrogen (secondary N) is 2. The average Bonchev–Trinajstić information content (AvgIpc) is 2.42. The predicted octanol–water partition coefficient (Wildman–Crippen LogP) is 0.405. The lowest BCUT2D eigenvalue weighted by atomic mass is 10.2. The van der Waals surface area contributed by atoms with Crippen LogP contribution in [0.2, 0.25) is 0 Å². The lowest BCUT2D eigenvalue weighted by Crippen LogP contribution is -2.43. The van der Waals surface area contributed by atoms with Crippen molar-refractivity contribution >= 4 is 17.9 Å². The molecule has 0 saturated carbocycles. The lowest BCUT2D eigenvalue weighted by Gasteiger charge is -2.14. The van der Waals surface area contributed by atoms with Crippen molar-refractivity contribution in [3.05, 3.63) is 11.8 Å². The van der Waals surface area contributed by atoms with Gasteiger partial charge in [0.05, 0.1) is 7.11 Å². The molecule has 0 spiro atoms. The predicted molar refractivity (Wildman–Crippen MR) is 73.4 cm³/mol. The molecule has 9 heteroatoms. The van der Waals surface area contributed by atoms with E-state index in [1.165, 1.54) is 14.2 Å². The summed E-state index contributed by atoms with van der Waals surface area (Å²) >= 11 is 0. The maximum absolute atomic E-state index is 11.8. The number of urea groups is 1. The fraction of sp³-hybridized carbons (Fsp3) is 0.500. The SMILES string of the molecule is COCCC(NC(=O)Nc1nc(C)cc(OC)n1)C(=O)O. The molecule has 1 aromatic heterocycles. The minimum Gasteiger partial charge on any atom is -0.481 e.